The maximum absolute atomic E-state index is 14.8. The summed E-state index contributed by atoms with van der Waals surface area (Å²) in [5, 5.41) is 30.8. The Labute approximate surface area is 429 Å². The van der Waals surface area contributed by atoms with E-state index in [1.54, 1.807) is 52.0 Å². The standard InChI is InChI=1S/C53H65N7O11S2/c1-6-14-41(55-46(63)42(29-33-23-25-34(26-24-33)32-73(69,70)71)58-51(68)57-39-19-11-16-35-15-7-8-17-37(35)39)49(66)60-28-13-27-53(60,5)50(67)56-43(30-36-31-72-44-21-10-9-18-38(36)44)47(64)54-40(20-12-22-45(61)62)48(65)59-52(2,3)4/h7-11,15-19,21,23-26,31,40-43H,6,12-14,20,22,27-30,32H2,1-5H3,(H,54,64)(H,55,63)(H,56,67)(H,59,65)(H,61,62)(H2,57,58,68)(H,69,70,71)/t40-,41-,42-,43-,53-/m0/s1. The first kappa shape index (κ1) is 55.4. The molecular weight excluding hydrogens is 975 g/mol. The second-order valence-corrected chi connectivity index (χ2v) is 22.1. The van der Waals surface area contributed by atoms with E-state index in [-0.39, 0.29) is 51.5 Å². The van der Waals surface area contributed by atoms with E-state index >= 15 is 0 Å². The summed E-state index contributed by atoms with van der Waals surface area (Å²) in [5.41, 5.74) is -0.103. The Kier molecular flexibility index (Phi) is 18.4. The summed E-state index contributed by atoms with van der Waals surface area (Å²) in [6.45, 7) is 8.91. The molecule has 0 aliphatic carbocycles. The highest BCUT2D eigenvalue weighted by Gasteiger charge is 2.48. The molecule has 73 heavy (non-hydrogen) atoms. The van der Waals surface area contributed by atoms with E-state index in [1.165, 1.54) is 28.4 Å². The van der Waals surface area contributed by atoms with Crippen LogP contribution in [0.1, 0.15) is 96.3 Å². The molecule has 18 nitrogen and oxygen atoms in total. The Morgan fingerprint density at radius 2 is 1.37 bits per heavy atom. The first-order valence-electron chi connectivity index (χ1n) is 24.3. The van der Waals surface area contributed by atoms with Crippen LogP contribution in [0.3, 0.4) is 0 Å². The van der Waals surface area contributed by atoms with Crippen molar-refractivity contribution in [3.05, 3.63) is 113 Å². The number of carboxylic acids is 1. The third-order valence-electron chi connectivity index (χ3n) is 12.7. The number of likely N-dealkylation sites (tertiary alicyclic amines) is 1. The average molecular weight is 1040 g/mol. The van der Waals surface area contributed by atoms with E-state index in [0.717, 1.165) is 26.4 Å². The number of carbonyl (C=O) groups is 7. The largest absolute Gasteiger partial charge is 0.481 e. The van der Waals surface area contributed by atoms with Crippen LogP contribution in [-0.2, 0) is 57.5 Å². The third kappa shape index (κ3) is 15.3. The molecule has 0 radical (unpaired) electrons. The molecule has 4 aromatic carbocycles. The maximum Gasteiger partial charge on any atom is 0.319 e. The lowest BCUT2D eigenvalue weighted by molar-refractivity contribution is -0.147. The molecule has 1 saturated heterocycles. The lowest BCUT2D eigenvalue weighted by Gasteiger charge is -2.37. The normalized spacial score (nSPS) is 16.4. The summed E-state index contributed by atoms with van der Waals surface area (Å²) in [7, 11) is -4.32. The van der Waals surface area contributed by atoms with Gasteiger partial charge in [0.2, 0.25) is 29.5 Å². The van der Waals surface area contributed by atoms with Gasteiger partial charge >= 0.3 is 12.0 Å². The zero-order chi connectivity index (χ0) is 53.1. The van der Waals surface area contributed by atoms with Crippen LogP contribution < -0.4 is 31.9 Å². The molecule has 6 rings (SSSR count). The molecule has 1 aromatic heterocycles. The highest BCUT2D eigenvalue weighted by molar-refractivity contribution is 7.85. The molecule has 2 heterocycles. The van der Waals surface area contributed by atoms with Gasteiger partial charge in [-0.1, -0.05) is 92.2 Å². The Morgan fingerprint density at radius 3 is 2.04 bits per heavy atom. The minimum absolute atomic E-state index is 0.0150. The Balaban J connectivity index is 1.24. The van der Waals surface area contributed by atoms with Crippen LogP contribution in [0.2, 0.25) is 0 Å². The van der Waals surface area contributed by atoms with Gasteiger partial charge in [-0.05, 0) is 105 Å². The van der Waals surface area contributed by atoms with Crippen molar-refractivity contribution >= 4 is 89.5 Å². The SMILES string of the molecule is CCC[C@H](NC(=O)[C@H](Cc1ccc(CS(=O)(=O)O)cc1)NC(=O)Nc1cccc2ccccc12)C(=O)N1CCC[C@@]1(C)C(=O)N[C@@H](Cc1csc2ccccc12)C(=O)N[C@@H](CCCC(=O)O)C(=O)NC(C)(C)C. The lowest BCUT2D eigenvalue weighted by atomic mass is 9.94. The van der Waals surface area contributed by atoms with E-state index < -0.39 is 92.7 Å². The molecule has 1 aliphatic rings. The van der Waals surface area contributed by atoms with Gasteiger partial charge in [-0.3, -0.25) is 33.3 Å². The van der Waals surface area contributed by atoms with Crippen molar-refractivity contribution in [3.8, 4) is 0 Å². The van der Waals surface area contributed by atoms with Crippen molar-refractivity contribution in [2.75, 3.05) is 11.9 Å². The zero-order valence-corrected chi connectivity index (χ0v) is 43.3. The summed E-state index contributed by atoms with van der Waals surface area (Å²) in [4.78, 5) is 98.6. The zero-order valence-electron chi connectivity index (χ0n) is 41.7. The Bertz CT molecular complexity index is 2930. The number of hydrogen-bond donors (Lipinski definition) is 8. The molecule has 0 unspecified atom stereocenters. The summed E-state index contributed by atoms with van der Waals surface area (Å²) >= 11 is 1.47. The molecule has 0 saturated carbocycles. The summed E-state index contributed by atoms with van der Waals surface area (Å²) < 4.78 is 33.4. The van der Waals surface area contributed by atoms with Crippen LogP contribution in [0, 0.1) is 0 Å². The van der Waals surface area contributed by atoms with Gasteiger partial charge in [-0.25, -0.2) is 4.79 Å². The minimum Gasteiger partial charge on any atom is -0.481 e. The molecular formula is C53H65N7O11S2. The molecule has 390 valence electrons. The fourth-order valence-corrected chi connectivity index (χ4v) is 10.6. The lowest BCUT2D eigenvalue weighted by Crippen LogP contribution is -2.63. The molecule has 7 amide bonds. The van der Waals surface area contributed by atoms with Gasteiger partial charge in [0.15, 0.2) is 0 Å². The third-order valence-corrected chi connectivity index (χ3v) is 14.4. The molecule has 5 atom stereocenters. The molecule has 1 aliphatic heterocycles. The number of fused-ring (bicyclic) bond motifs is 2. The van der Waals surface area contributed by atoms with Gasteiger partial charge in [0, 0.05) is 41.4 Å². The van der Waals surface area contributed by atoms with Crippen LogP contribution in [0.25, 0.3) is 20.9 Å². The van der Waals surface area contributed by atoms with E-state index in [1.807, 2.05) is 66.9 Å². The van der Waals surface area contributed by atoms with Gasteiger partial charge < -0.3 is 41.9 Å². The van der Waals surface area contributed by atoms with Gasteiger partial charge in [0.1, 0.15) is 35.5 Å². The second kappa shape index (κ2) is 24.2. The number of anilines is 1. The van der Waals surface area contributed by atoms with Gasteiger partial charge in [0.05, 0.1) is 5.69 Å². The number of urea groups is 1. The first-order valence-corrected chi connectivity index (χ1v) is 26.8. The fraction of sp³-hybridized carbons (Fsp3) is 0.415. The topological polar surface area (TPSA) is 270 Å². The van der Waals surface area contributed by atoms with Crippen LogP contribution in [-0.4, -0.2) is 106 Å². The van der Waals surface area contributed by atoms with Crippen molar-refractivity contribution in [3.63, 3.8) is 0 Å². The first-order chi connectivity index (χ1) is 34.5. The van der Waals surface area contributed by atoms with E-state index in [2.05, 4.69) is 31.9 Å². The van der Waals surface area contributed by atoms with Gasteiger partial charge in [0.25, 0.3) is 10.1 Å². The van der Waals surface area contributed by atoms with Crippen molar-refractivity contribution < 1.29 is 51.6 Å². The van der Waals surface area contributed by atoms with Crippen LogP contribution in [0.15, 0.2) is 96.4 Å². The fourth-order valence-electron chi connectivity index (χ4n) is 9.03. The quantitative estimate of drug-likeness (QED) is 0.0361. The number of carboxylic acid groups (broad SMARTS) is 1. The van der Waals surface area contributed by atoms with E-state index in [9.17, 15) is 51.6 Å². The number of rotatable bonds is 22. The summed E-state index contributed by atoms with van der Waals surface area (Å²) in [6.07, 6.45) is 1.05. The van der Waals surface area contributed by atoms with E-state index in [0.29, 0.717) is 29.7 Å². The van der Waals surface area contributed by atoms with Crippen LogP contribution >= 0.6 is 11.3 Å². The number of aliphatic carboxylic acids is 1. The average Bonchev–Trinajstić information content (AvgIpc) is 3.93. The number of nitrogens with zero attached hydrogens (tertiary/aromatic N) is 1. The molecule has 0 bridgehead atoms. The van der Waals surface area contributed by atoms with Crippen molar-refractivity contribution in [2.45, 2.75) is 133 Å². The summed E-state index contributed by atoms with van der Waals surface area (Å²) in [5.74, 6) is -4.77. The maximum atomic E-state index is 14.8. The van der Waals surface area contributed by atoms with Crippen LogP contribution in [0.4, 0.5) is 10.5 Å². The molecule has 0 spiro atoms. The second-order valence-electron chi connectivity index (χ2n) is 19.7. The highest BCUT2D eigenvalue weighted by Crippen LogP contribution is 2.32. The van der Waals surface area contributed by atoms with E-state index in [4.69, 9.17) is 0 Å². The Hall–Kier alpha value is -6.90. The molecule has 8 N–H and O–H groups in total. The predicted molar refractivity (Wildman–Crippen MR) is 280 cm³/mol. The molecule has 1 fully saturated rings. The minimum atomic E-state index is -4.32. The number of hydrogen-bond acceptors (Lipinski definition) is 10. The molecule has 20 heteroatoms. The van der Waals surface area contributed by atoms with Crippen molar-refractivity contribution in [1.29, 1.82) is 0 Å². The van der Waals surface area contributed by atoms with Gasteiger partial charge in [-0.2, -0.15) is 8.42 Å². The van der Waals surface area contributed by atoms with Gasteiger partial charge in [-0.15, -0.1) is 11.3 Å². The number of benzene rings is 4. The Morgan fingerprint density at radius 1 is 0.740 bits per heavy atom. The predicted octanol–water partition coefficient (Wildman–Crippen LogP) is 6.22. The number of nitrogens with one attached hydrogen (secondary N) is 6. The van der Waals surface area contributed by atoms with Crippen molar-refractivity contribution in [1.82, 2.24) is 31.5 Å². The van der Waals surface area contributed by atoms with Crippen LogP contribution in [0.5, 0.6) is 0 Å². The monoisotopic (exact) mass is 1040 g/mol. The molecule has 5 aromatic rings. The number of amides is 7. The summed E-state index contributed by atoms with van der Waals surface area (Å²) in [6, 6.07) is 21.0. The smallest absolute Gasteiger partial charge is 0.319 e. The van der Waals surface area contributed by atoms with Crippen molar-refractivity contribution in [2.24, 2.45) is 0 Å². The number of carbonyl (C=O) groups excluding carboxylic acids is 6. The highest BCUT2D eigenvalue weighted by atomic mass is 32.2. The number of thiophene rings is 1.